The van der Waals surface area contributed by atoms with E-state index in [0.717, 1.165) is 43.0 Å². The number of anilines is 2. The smallest absolute Gasteiger partial charge is 0.144 e. The second-order valence-electron chi connectivity index (χ2n) is 8.11. The molecule has 0 unspecified atom stereocenters. The maximum Gasteiger partial charge on any atom is 0.144 e. The topological polar surface area (TPSA) is 93.0 Å². The monoisotopic (exact) mass is 433 g/mol. The van der Waals surface area contributed by atoms with E-state index < -0.39 is 11.6 Å². The standard InChI is InChI=1S/C23H21F2N7/c1-12-20-15(10-18(27-12)32-8-6-14(11-26)7-9-32)22-21(13(2)30-31-22)29-23(28-20)19-16(24)4-3-5-17(19)25/h3-5,10,14H,6-9H2,1-2H3,(H,28,29)(H,30,31). The van der Waals surface area contributed by atoms with Crippen LogP contribution in [0, 0.1) is 42.7 Å². The second-order valence-corrected chi connectivity index (χ2v) is 8.11. The van der Waals surface area contributed by atoms with Gasteiger partial charge in [-0.2, -0.15) is 10.4 Å². The number of amidine groups is 1. The van der Waals surface area contributed by atoms with Crippen LogP contribution in [0.1, 0.15) is 29.8 Å². The number of aliphatic imine (C=N–C) groups is 1. The predicted molar refractivity (Wildman–Crippen MR) is 118 cm³/mol. The zero-order valence-electron chi connectivity index (χ0n) is 17.7. The molecule has 2 aliphatic heterocycles. The molecular formula is C23H21F2N7. The Hall–Kier alpha value is -3.80. The molecule has 0 bridgehead atoms. The third kappa shape index (κ3) is 3.28. The number of rotatable bonds is 2. The average Bonchev–Trinajstić information content (AvgIpc) is 3.05. The van der Waals surface area contributed by atoms with Gasteiger partial charge in [0, 0.05) is 24.6 Å². The molecule has 4 heterocycles. The fraction of sp³-hybridized carbons (Fsp3) is 0.304. The van der Waals surface area contributed by atoms with E-state index in [2.05, 4.69) is 31.5 Å². The molecule has 0 radical (unpaired) electrons. The van der Waals surface area contributed by atoms with E-state index in [1.165, 1.54) is 18.2 Å². The van der Waals surface area contributed by atoms with Gasteiger partial charge in [-0.25, -0.2) is 18.8 Å². The first-order valence-electron chi connectivity index (χ1n) is 10.5. The van der Waals surface area contributed by atoms with Crippen LogP contribution in [-0.4, -0.2) is 34.1 Å². The summed E-state index contributed by atoms with van der Waals surface area (Å²) in [5.41, 5.74) is 3.60. The Morgan fingerprint density at radius 3 is 2.56 bits per heavy atom. The lowest BCUT2D eigenvalue weighted by Gasteiger charge is -2.30. The summed E-state index contributed by atoms with van der Waals surface area (Å²) in [4.78, 5) is 11.5. The van der Waals surface area contributed by atoms with Gasteiger partial charge in [-0.15, -0.1) is 0 Å². The number of piperidine rings is 1. The average molecular weight is 433 g/mol. The molecule has 32 heavy (non-hydrogen) atoms. The number of aromatic amines is 1. The van der Waals surface area contributed by atoms with E-state index in [9.17, 15) is 14.0 Å². The highest BCUT2D eigenvalue weighted by atomic mass is 19.1. The zero-order chi connectivity index (χ0) is 22.4. The van der Waals surface area contributed by atoms with E-state index in [4.69, 9.17) is 4.98 Å². The summed E-state index contributed by atoms with van der Waals surface area (Å²) >= 11 is 0. The van der Waals surface area contributed by atoms with Crippen LogP contribution in [0.4, 0.5) is 26.0 Å². The van der Waals surface area contributed by atoms with Gasteiger partial charge in [-0.05, 0) is 44.9 Å². The summed E-state index contributed by atoms with van der Waals surface area (Å²) in [7, 11) is 0. The van der Waals surface area contributed by atoms with Crippen molar-refractivity contribution < 1.29 is 8.78 Å². The van der Waals surface area contributed by atoms with Crippen LogP contribution in [0.2, 0.25) is 0 Å². The number of benzene rings is 1. The Morgan fingerprint density at radius 1 is 1.16 bits per heavy atom. The third-order valence-corrected chi connectivity index (χ3v) is 6.02. The van der Waals surface area contributed by atoms with Crippen LogP contribution in [0.15, 0.2) is 29.3 Å². The van der Waals surface area contributed by atoms with Gasteiger partial charge < -0.3 is 10.2 Å². The van der Waals surface area contributed by atoms with E-state index >= 15 is 0 Å². The van der Waals surface area contributed by atoms with Crippen molar-refractivity contribution in [3.8, 4) is 17.3 Å². The Balaban J connectivity index is 1.67. The highest BCUT2D eigenvalue weighted by Crippen LogP contribution is 2.42. The SMILES string of the molecule is Cc1nc(N2CCC(C#N)CC2)cc2c1N=C(c1c(F)cccc1F)Nc1c-2n[nH]c1C. The molecule has 1 fully saturated rings. The first-order valence-corrected chi connectivity index (χ1v) is 10.5. The lowest BCUT2D eigenvalue weighted by atomic mass is 9.98. The summed E-state index contributed by atoms with van der Waals surface area (Å²) in [5.74, 6) is -0.492. The van der Waals surface area contributed by atoms with Crippen LogP contribution in [0.25, 0.3) is 11.3 Å². The number of aromatic nitrogens is 3. The molecule has 0 aliphatic carbocycles. The van der Waals surface area contributed by atoms with Crippen molar-refractivity contribution in [2.24, 2.45) is 10.9 Å². The first-order chi connectivity index (χ1) is 15.5. The summed E-state index contributed by atoms with van der Waals surface area (Å²) in [6.07, 6.45) is 1.58. The Kier molecular flexibility index (Phi) is 4.85. The molecule has 0 atom stereocenters. The number of fused-ring (bicyclic) bond motifs is 3. The van der Waals surface area contributed by atoms with Crippen LogP contribution >= 0.6 is 0 Å². The van der Waals surface area contributed by atoms with Crippen molar-refractivity contribution in [2.75, 3.05) is 23.3 Å². The molecular weight excluding hydrogens is 412 g/mol. The number of nitriles is 1. The summed E-state index contributed by atoms with van der Waals surface area (Å²) in [5, 5.41) is 19.7. The number of aryl methyl sites for hydroxylation is 2. The van der Waals surface area contributed by atoms with Gasteiger partial charge >= 0.3 is 0 Å². The van der Waals surface area contributed by atoms with Gasteiger partial charge in [0.2, 0.25) is 0 Å². The number of hydrogen-bond acceptors (Lipinski definition) is 6. The number of hydrogen-bond donors (Lipinski definition) is 2. The lowest BCUT2D eigenvalue weighted by molar-refractivity contribution is 0.485. The maximum absolute atomic E-state index is 14.6. The van der Waals surface area contributed by atoms with E-state index in [0.29, 0.717) is 22.8 Å². The molecule has 7 nitrogen and oxygen atoms in total. The van der Waals surface area contributed by atoms with Crippen LogP contribution in [0.3, 0.4) is 0 Å². The Bertz CT molecular complexity index is 1260. The second kappa shape index (κ2) is 7.71. The largest absolute Gasteiger partial charge is 0.357 e. The van der Waals surface area contributed by atoms with Gasteiger partial charge in [0.15, 0.2) is 0 Å². The van der Waals surface area contributed by atoms with Gasteiger partial charge in [-0.3, -0.25) is 5.10 Å². The highest BCUT2D eigenvalue weighted by Gasteiger charge is 2.28. The summed E-state index contributed by atoms with van der Waals surface area (Å²) in [6.45, 7) is 5.14. The van der Waals surface area contributed by atoms with E-state index in [1.807, 2.05) is 19.9 Å². The van der Waals surface area contributed by atoms with Gasteiger partial charge in [-0.1, -0.05) is 6.07 Å². The van der Waals surface area contributed by atoms with Crippen molar-refractivity contribution in [2.45, 2.75) is 26.7 Å². The number of halogens is 2. The molecule has 2 aromatic heterocycles. The number of nitrogens with zero attached hydrogens (tertiary/aromatic N) is 5. The summed E-state index contributed by atoms with van der Waals surface area (Å²) < 4.78 is 29.2. The Morgan fingerprint density at radius 2 is 1.88 bits per heavy atom. The highest BCUT2D eigenvalue weighted by molar-refractivity contribution is 6.14. The minimum atomic E-state index is -0.704. The van der Waals surface area contributed by atoms with Crippen molar-refractivity contribution >= 4 is 23.0 Å². The molecule has 0 amide bonds. The molecule has 2 N–H and O–H groups in total. The molecule has 162 valence electrons. The molecule has 1 aromatic carbocycles. The van der Waals surface area contributed by atoms with Crippen molar-refractivity contribution in [3.05, 3.63) is 52.9 Å². The first kappa shape index (κ1) is 20.1. The number of nitrogens with one attached hydrogen (secondary N) is 2. The lowest BCUT2D eigenvalue weighted by Crippen LogP contribution is -2.33. The van der Waals surface area contributed by atoms with Crippen LogP contribution in [0.5, 0.6) is 0 Å². The van der Waals surface area contributed by atoms with Crippen molar-refractivity contribution in [1.29, 1.82) is 5.26 Å². The van der Waals surface area contributed by atoms with E-state index in [1.54, 1.807) is 0 Å². The van der Waals surface area contributed by atoms with Crippen molar-refractivity contribution in [3.63, 3.8) is 0 Å². The molecule has 0 saturated carbocycles. The van der Waals surface area contributed by atoms with Crippen LogP contribution < -0.4 is 10.2 Å². The summed E-state index contributed by atoms with van der Waals surface area (Å²) in [6, 6.07) is 7.99. The van der Waals surface area contributed by atoms with Gasteiger partial charge in [0.25, 0.3) is 0 Å². The quantitative estimate of drug-likeness (QED) is 0.616. The maximum atomic E-state index is 14.6. The van der Waals surface area contributed by atoms with Crippen LogP contribution in [-0.2, 0) is 0 Å². The minimum Gasteiger partial charge on any atom is -0.357 e. The molecule has 1 saturated heterocycles. The fourth-order valence-electron chi connectivity index (χ4n) is 4.25. The minimum absolute atomic E-state index is 0.0672. The molecule has 3 aromatic rings. The Labute approximate surface area is 183 Å². The molecule has 5 rings (SSSR count). The molecule has 2 aliphatic rings. The molecule has 9 heteroatoms. The van der Waals surface area contributed by atoms with E-state index in [-0.39, 0.29) is 17.3 Å². The van der Waals surface area contributed by atoms with Gasteiger partial charge in [0.05, 0.1) is 34.4 Å². The third-order valence-electron chi connectivity index (χ3n) is 6.02. The zero-order valence-corrected chi connectivity index (χ0v) is 17.7. The fourth-order valence-corrected chi connectivity index (χ4v) is 4.25. The number of H-pyrrole nitrogens is 1. The molecule has 0 spiro atoms. The van der Waals surface area contributed by atoms with Gasteiger partial charge in [0.1, 0.15) is 29.0 Å². The number of pyridine rings is 1. The van der Waals surface area contributed by atoms with Crippen molar-refractivity contribution in [1.82, 2.24) is 15.2 Å². The predicted octanol–water partition coefficient (Wildman–Crippen LogP) is 4.61. The normalized spacial score (nSPS) is 15.8.